The Labute approximate surface area is 145 Å². The third-order valence-electron chi connectivity index (χ3n) is 3.15. The zero-order chi connectivity index (χ0) is 18.6. The highest BCUT2D eigenvalue weighted by molar-refractivity contribution is 6.32. The Morgan fingerprint density at radius 2 is 1.88 bits per heavy atom. The van der Waals surface area contributed by atoms with Gasteiger partial charge in [0.05, 0.1) is 5.69 Å². The summed E-state index contributed by atoms with van der Waals surface area (Å²) in [6.45, 7) is 9.52. The highest BCUT2D eigenvalue weighted by Gasteiger charge is 2.30. The maximum absolute atomic E-state index is 12.4. The van der Waals surface area contributed by atoms with Gasteiger partial charge in [-0.15, -0.1) is 0 Å². The van der Waals surface area contributed by atoms with Gasteiger partial charge < -0.3 is 10.5 Å². The number of amides is 3. The minimum atomic E-state index is -1.17. The van der Waals surface area contributed by atoms with E-state index < -0.39 is 24.0 Å². The Balaban J connectivity index is 3.02. The molecule has 0 bridgehead atoms. The fraction of sp³-hybridized carbons (Fsp3) is 0.600. The fourth-order valence-electron chi connectivity index (χ4n) is 2.11. The molecule has 8 nitrogen and oxygen atoms in total. The summed E-state index contributed by atoms with van der Waals surface area (Å²) in [5.41, 5.74) is 5.44. The van der Waals surface area contributed by atoms with Crippen LogP contribution in [0.2, 0.25) is 5.15 Å². The number of carbonyl (C=O) groups is 3. The van der Waals surface area contributed by atoms with E-state index in [0.29, 0.717) is 12.2 Å². The average Bonchev–Trinajstić information content (AvgIpc) is 2.68. The van der Waals surface area contributed by atoms with Gasteiger partial charge in [-0.1, -0.05) is 39.3 Å². The number of nitrogens with zero attached hydrogens (tertiary/aromatic N) is 2. The Bertz CT molecular complexity index is 640. The second-order valence-electron chi connectivity index (χ2n) is 6.25. The molecule has 3 amide bonds. The highest BCUT2D eigenvalue weighted by Crippen LogP contribution is 2.23. The lowest BCUT2D eigenvalue weighted by atomic mass is 10.1. The number of hydrogen-bond donors (Lipinski definition) is 2. The van der Waals surface area contributed by atoms with Crippen LogP contribution < -0.4 is 11.1 Å². The van der Waals surface area contributed by atoms with Crippen LogP contribution in [-0.2, 0) is 16.1 Å². The van der Waals surface area contributed by atoms with Crippen molar-refractivity contribution in [1.29, 1.82) is 0 Å². The third kappa shape index (κ3) is 4.95. The first-order valence-electron chi connectivity index (χ1n) is 7.58. The van der Waals surface area contributed by atoms with E-state index >= 15 is 0 Å². The van der Waals surface area contributed by atoms with E-state index in [1.165, 1.54) is 4.68 Å². The molecular formula is C15H23ClN4O4. The van der Waals surface area contributed by atoms with Crippen molar-refractivity contribution in [2.24, 2.45) is 17.6 Å². The molecule has 1 heterocycles. The average molecular weight is 359 g/mol. The van der Waals surface area contributed by atoms with Gasteiger partial charge in [0.2, 0.25) is 0 Å². The van der Waals surface area contributed by atoms with Gasteiger partial charge >= 0.3 is 12.0 Å². The number of nitrogens with two attached hydrogens (primary N) is 1. The molecule has 1 aromatic heterocycles. The van der Waals surface area contributed by atoms with Crippen LogP contribution in [-0.4, -0.2) is 33.8 Å². The third-order valence-corrected chi connectivity index (χ3v) is 3.54. The minimum absolute atomic E-state index is 0.106. The molecule has 0 radical (unpaired) electrons. The molecule has 0 aliphatic heterocycles. The topological polar surface area (TPSA) is 116 Å². The zero-order valence-electron chi connectivity index (χ0n) is 14.4. The summed E-state index contributed by atoms with van der Waals surface area (Å²) in [6, 6.07) is -1.01. The quantitative estimate of drug-likeness (QED) is 0.753. The highest BCUT2D eigenvalue weighted by atomic mass is 35.5. The first kappa shape index (κ1) is 20.0. The summed E-state index contributed by atoms with van der Waals surface area (Å²) < 4.78 is 6.76. The standard InChI is InChI=1S/C15H23ClN4O4/c1-7(2)6-20-12(16)10(9(5)19-20)14(22)24-11(8(3)4)13(21)18-15(17)23/h7-8,11H,6H2,1-5H3,(H3,17,18,21,23)/t11-/m0/s1. The molecule has 24 heavy (non-hydrogen) atoms. The molecule has 0 saturated carbocycles. The predicted octanol–water partition coefficient (Wildman–Crippen LogP) is 1.88. The first-order valence-corrected chi connectivity index (χ1v) is 7.96. The normalized spacial score (nSPS) is 12.3. The van der Waals surface area contributed by atoms with Crippen molar-refractivity contribution in [3.05, 3.63) is 16.4 Å². The summed E-state index contributed by atoms with van der Waals surface area (Å²) in [6.07, 6.45) is -1.17. The molecule has 0 aromatic carbocycles. The smallest absolute Gasteiger partial charge is 0.344 e. The Morgan fingerprint density at radius 3 is 2.33 bits per heavy atom. The monoisotopic (exact) mass is 358 g/mol. The van der Waals surface area contributed by atoms with Crippen LogP contribution in [0, 0.1) is 18.8 Å². The number of esters is 1. The molecule has 1 rings (SSSR count). The molecule has 0 spiro atoms. The molecule has 1 atom stereocenters. The summed E-state index contributed by atoms with van der Waals surface area (Å²) in [5.74, 6) is -1.63. The molecule has 134 valence electrons. The van der Waals surface area contributed by atoms with E-state index in [9.17, 15) is 14.4 Å². The number of ether oxygens (including phenoxy) is 1. The number of imide groups is 1. The first-order chi connectivity index (χ1) is 11.0. The van der Waals surface area contributed by atoms with Gasteiger partial charge in [-0.2, -0.15) is 5.10 Å². The Kier molecular flexibility index (Phi) is 6.77. The number of halogens is 1. The molecule has 0 fully saturated rings. The predicted molar refractivity (Wildman–Crippen MR) is 88.6 cm³/mol. The van der Waals surface area contributed by atoms with E-state index in [-0.39, 0.29) is 22.6 Å². The van der Waals surface area contributed by atoms with Crippen molar-refractivity contribution >= 4 is 29.5 Å². The van der Waals surface area contributed by atoms with E-state index in [2.05, 4.69) is 5.10 Å². The lowest BCUT2D eigenvalue weighted by Gasteiger charge is -2.19. The Hall–Kier alpha value is -2.09. The van der Waals surface area contributed by atoms with Gasteiger partial charge in [-0.05, 0) is 18.8 Å². The van der Waals surface area contributed by atoms with Gasteiger partial charge in [0.25, 0.3) is 5.91 Å². The van der Waals surface area contributed by atoms with Crippen molar-refractivity contribution in [1.82, 2.24) is 15.1 Å². The maximum atomic E-state index is 12.4. The Morgan fingerprint density at radius 1 is 1.29 bits per heavy atom. The second-order valence-corrected chi connectivity index (χ2v) is 6.61. The largest absolute Gasteiger partial charge is 0.448 e. The van der Waals surface area contributed by atoms with Crippen molar-refractivity contribution in [3.8, 4) is 0 Å². The number of aromatic nitrogens is 2. The summed E-state index contributed by atoms with van der Waals surface area (Å²) in [5, 5.41) is 6.29. The molecule has 0 aliphatic rings. The van der Waals surface area contributed by atoms with Crippen molar-refractivity contribution in [2.75, 3.05) is 0 Å². The van der Waals surface area contributed by atoms with Crippen LogP contribution in [0.25, 0.3) is 0 Å². The fourth-order valence-corrected chi connectivity index (χ4v) is 2.43. The van der Waals surface area contributed by atoms with E-state index in [1.54, 1.807) is 20.8 Å². The van der Waals surface area contributed by atoms with Crippen molar-refractivity contribution in [2.45, 2.75) is 47.3 Å². The number of nitrogens with one attached hydrogen (secondary N) is 1. The number of hydrogen-bond acceptors (Lipinski definition) is 5. The number of rotatable bonds is 6. The van der Waals surface area contributed by atoms with Gasteiger partial charge in [-0.3, -0.25) is 14.8 Å². The van der Waals surface area contributed by atoms with E-state index in [1.807, 2.05) is 19.2 Å². The van der Waals surface area contributed by atoms with Gasteiger partial charge in [0, 0.05) is 6.54 Å². The molecule has 3 N–H and O–H groups in total. The van der Waals surface area contributed by atoms with Crippen molar-refractivity contribution in [3.63, 3.8) is 0 Å². The SMILES string of the molecule is Cc1nn(CC(C)C)c(Cl)c1C(=O)O[C@H](C(=O)NC(N)=O)C(C)C. The molecule has 0 unspecified atom stereocenters. The van der Waals surface area contributed by atoms with Gasteiger partial charge in [0.15, 0.2) is 6.10 Å². The summed E-state index contributed by atoms with van der Waals surface area (Å²) >= 11 is 6.22. The molecule has 0 saturated heterocycles. The summed E-state index contributed by atoms with van der Waals surface area (Å²) in [4.78, 5) is 35.2. The number of aryl methyl sites for hydroxylation is 1. The zero-order valence-corrected chi connectivity index (χ0v) is 15.2. The van der Waals surface area contributed by atoms with Gasteiger partial charge in [-0.25, -0.2) is 9.59 Å². The van der Waals surface area contributed by atoms with E-state index in [0.717, 1.165) is 0 Å². The van der Waals surface area contributed by atoms with Crippen LogP contribution in [0.3, 0.4) is 0 Å². The molecule has 9 heteroatoms. The number of primary amides is 1. The van der Waals surface area contributed by atoms with Gasteiger partial charge in [0.1, 0.15) is 10.7 Å². The second kappa shape index (κ2) is 8.14. The lowest BCUT2D eigenvalue weighted by molar-refractivity contribution is -0.130. The van der Waals surface area contributed by atoms with Crippen LogP contribution >= 0.6 is 11.6 Å². The number of urea groups is 1. The number of carbonyl (C=O) groups excluding carboxylic acids is 3. The van der Waals surface area contributed by atoms with Crippen LogP contribution in [0.1, 0.15) is 43.7 Å². The maximum Gasteiger partial charge on any atom is 0.344 e. The minimum Gasteiger partial charge on any atom is -0.448 e. The molecular weight excluding hydrogens is 336 g/mol. The van der Waals surface area contributed by atoms with Crippen molar-refractivity contribution < 1.29 is 19.1 Å². The van der Waals surface area contributed by atoms with Crippen LogP contribution in [0.4, 0.5) is 4.79 Å². The van der Waals surface area contributed by atoms with Crippen LogP contribution in [0.15, 0.2) is 0 Å². The molecule has 0 aliphatic carbocycles. The lowest BCUT2D eigenvalue weighted by Crippen LogP contribution is -2.45. The van der Waals surface area contributed by atoms with E-state index in [4.69, 9.17) is 22.1 Å². The van der Waals surface area contributed by atoms with Crippen LogP contribution in [0.5, 0.6) is 0 Å². The summed E-state index contributed by atoms with van der Waals surface area (Å²) in [7, 11) is 0. The molecule has 1 aromatic rings.